The minimum atomic E-state index is -4.15. The maximum Gasteiger partial charge on any atom is 0.462 e. The van der Waals surface area contributed by atoms with Gasteiger partial charge in [0.15, 0.2) is 0 Å². The van der Waals surface area contributed by atoms with Gasteiger partial charge in [-0.3, -0.25) is 0 Å². The van der Waals surface area contributed by atoms with Crippen LogP contribution in [0.3, 0.4) is 0 Å². The normalized spacial score (nSPS) is 12.0. The van der Waals surface area contributed by atoms with Crippen LogP contribution in [0.4, 0.5) is 0 Å². The summed E-state index contributed by atoms with van der Waals surface area (Å²) in [6.45, 7) is 19.0. The van der Waals surface area contributed by atoms with Gasteiger partial charge in [-0.15, -0.1) is 0 Å². The number of benzene rings is 6. The largest absolute Gasteiger partial charge is 0.508 e. The van der Waals surface area contributed by atoms with E-state index in [9.17, 15) is 19.3 Å². The van der Waals surface area contributed by atoms with E-state index in [1.54, 1.807) is 48.5 Å². The molecular formula is C47H50O8P2. The van der Waals surface area contributed by atoms with Crippen LogP contribution in [-0.2, 0) is 14.5 Å². The molecule has 10 heteroatoms. The fraction of sp³-hybridized carbons (Fsp3) is 0.234. The second-order valence-electron chi connectivity index (χ2n) is 15.2. The molecule has 0 saturated carbocycles. The van der Waals surface area contributed by atoms with Gasteiger partial charge >= 0.3 is 15.2 Å². The van der Waals surface area contributed by atoms with Crippen molar-refractivity contribution in [1.29, 1.82) is 0 Å². The highest BCUT2D eigenvalue weighted by atomic mass is 31.2. The summed E-state index contributed by atoms with van der Waals surface area (Å²) in [7, 11) is -8.31. The third-order valence-electron chi connectivity index (χ3n) is 11.0. The first-order valence-electron chi connectivity index (χ1n) is 18.8. The van der Waals surface area contributed by atoms with E-state index in [4.69, 9.17) is 18.1 Å². The lowest BCUT2D eigenvalue weighted by Crippen LogP contribution is -2.23. The van der Waals surface area contributed by atoms with Gasteiger partial charge in [-0.05, 0) is 148 Å². The minimum Gasteiger partial charge on any atom is -0.508 e. The molecule has 57 heavy (non-hydrogen) atoms. The topological polar surface area (TPSA) is 112 Å². The van der Waals surface area contributed by atoms with Gasteiger partial charge in [0, 0.05) is 16.5 Å². The summed E-state index contributed by atoms with van der Waals surface area (Å²) in [6.07, 6.45) is 0. The SMILES string of the molecule is Cc1cccc(OP(=O)(Oc2cccc(C)c2C)c2ccc(C(C)(C)c3ccc(P(=O)(Oc4cccc(C)c4C)Oc4cccc(C)c4C)cc3O)c(O)c2)c1C. The first-order valence-corrected chi connectivity index (χ1v) is 21.8. The molecule has 0 aliphatic rings. The van der Waals surface area contributed by atoms with E-state index in [-0.39, 0.29) is 22.1 Å². The van der Waals surface area contributed by atoms with Crippen LogP contribution in [0, 0.1) is 55.4 Å². The van der Waals surface area contributed by atoms with E-state index >= 15 is 0 Å². The van der Waals surface area contributed by atoms with Crippen LogP contribution in [0.25, 0.3) is 0 Å². The Hall–Kier alpha value is -5.42. The van der Waals surface area contributed by atoms with E-state index in [0.29, 0.717) is 34.1 Å². The summed E-state index contributed by atoms with van der Waals surface area (Å²) in [5, 5.41) is 23.7. The number of rotatable bonds is 12. The smallest absolute Gasteiger partial charge is 0.462 e. The Bertz CT molecular complexity index is 2300. The highest BCUT2D eigenvalue weighted by Gasteiger charge is 2.38. The Balaban J connectivity index is 1.39. The maximum atomic E-state index is 14.9. The van der Waals surface area contributed by atoms with E-state index in [0.717, 1.165) is 44.5 Å². The van der Waals surface area contributed by atoms with E-state index in [1.807, 2.05) is 118 Å². The molecule has 2 N–H and O–H groups in total. The molecule has 296 valence electrons. The van der Waals surface area contributed by atoms with Crippen LogP contribution in [-0.4, -0.2) is 10.2 Å². The van der Waals surface area contributed by atoms with Gasteiger partial charge in [0.1, 0.15) is 34.5 Å². The second-order valence-corrected chi connectivity index (χ2v) is 18.9. The van der Waals surface area contributed by atoms with Crippen LogP contribution < -0.4 is 28.7 Å². The number of aryl methyl sites for hydroxylation is 4. The lowest BCUT2D eigenvalue weighted by atomic mass is 9.77. The number of hydrogen-bond donors (Lipinski definition) is 2. The first kappa shape index (κ1) is 41.2. The Kier molecular flexibility index (Phi) is 11.5. The molecule has 0 spiro atoms. The van der Waals surface area contributed by atoms with Crippen molar-refractivity contribution in [1.82, 2.24) is 0 Å². The van der Waals surface area contributed by atoms with Crippen LogP contribution in [0.5, 0.6) is 34.5 Å². The van der Waals surface area contributed by atoms with Gasteiger partial charge in [-0.25, -0.2) is 9.13 Å². The molecule has 0 aliphatic carbocycles. The summed E-state index contributed by atoms with van der Waals surface area (Å²) >= 11 is 0. The molecule has 6 aromatic carbocycles. The fourth-order valence-corrected chi connectivity index (χ4v) is 10.0. The number of aromatic hydroxyl groups is 2. The van der Waals surface area contributed by atoms with Gasteiger partial charge in [0.25, 0.3) is 0 Å². The van der Waals surface area contributed by atoms with Gasteiger partial charge in [-0.2, -0.15) is 0 Å². The minimum absolute atomic E-state index is 0.147. The quantitative estimate of drug-likeness (QED) is 0.118. The third-order valence-corrected chi connectivity index (χ3v) is 14.6. The molecule has 0 heterocycles. The zero-order valence-corrected chi connectivity index (χ0v) is 35.9. The number of phenolic OH excluding ortho intramolecular Hbond substituents is 2. The van der Waals surface area contributed by atoms with Crippen molar-refractivity contribution in [3.63, 3.8) is 0 Å². The average molecular weight is 805 g/mol. The van der Waals surface area contributed by atoms with Crippen LogP contribution in [0.2, 0.25) is 0 Å². The Morgan fingerprint density at radius 3 is 0.930 bits per heavy atom. The zero-order chi connectivity index (χ0) is 41.4. The highest BCUT2D eigenvalue weighted by molar-refractivity contribution is 7.63. The van der Waals surface area contributed by atoms with Crippen LogP contribution in [0.1, 0.15) is 69.5 Å². The Morgan fingerprint density at radius 1 is 0.421 bits per heavy atom. The standard InChI is InChI=1S/C47H50O8P2/c1-29-15-11-19-43(33(29)5)52-56(50,53-44-20-12-16-30(2)34(44)6)37-23-25-39(41(48)27-37)47(9,10)40-26-24-38(28-42(40)49)57(51,54-45-21-13-17-31(3)35(45)7)55-46-22-14-18-32(4)36(46)8/h11-28,48-49H,1-10H3. The molecule has 0 fully saturated rings. The predicted molar refractivity (Wildman–Crippen MR) is 229 cm³/mol. The van der Waals surface area contributed by atoms with Gasteiger partial charge < -0.3 is 28.3 Å². The van der Waals surface area contributed by atoms with Gasteiger partial charge in [0.2, 0.25) is 0 Å². The zero-order valence-electron chi connectivity index (χ0n) is 34.1. The average Bonchev–Trinajstić information content (AvgIpc) is 3.15. The first-order chi connectivity index (χ1) is 26.8. The van der Waals surface area contributed by atoms with Crippen molar-refractivity contribution in [2.75, 3.05) is 0 Å². The van der Waals surface area contributed by atoms with Crippen molar-refractivity contribution >= 4 is 25.8 Å². The van der Waals surface area contributed by atoms with Crippen LogP contribution >= 0.6 is 15.2 Å². The van der Waals surface area contributed by atoms with E-state index < -0.39 is 20.6 Å². The summed E-state index contributed by atoms with van der Waals surface area (Å²) in [6, 6.07) is 31.4. The van der Waals surface area contributed by atoms with Crippen molar-refractivity contribution in [3.05, 3.63) is 165 Å². The molecule has 0 aliphatic heterocycles. The lowest BCUT2D eigenvalue weighted by Gasteiger charge is -2.29. The predicted octanol–water partition coefficient (Wildman–Crippen LogP) is 11.8. The summed E-state index contributed by atoms with van der Waals surface area (Å²) in [5.41, 5.74) is 6.94. The second kappa shape index (κ2) is 15.8. The Labute approximate surface area is 336 Å². The molecule has 0 bridgehead atoms. The van der Waals surface area contributed by atoms with Crippen molar-refractivity contribution in [2.24, 2.45) is 0 Å². The van der Waals surface area contributed by atoms with Crippen molar-refractivity contribution < 1.29 is 37.4 Å². The Morgan fingerprint density at radius 2 is 0.684 bits per heavy atom. The molecule has 0 radical (unpaired) electrons. The molecular weight excluding hydrogens is 754 g/mol. The molecule has 0 unspecified atom stereocenters. The molecule has 6 rings (SSSR count). The summed E-state index contributed by atoms with van der Waals surface area (Å²) in [5.74, 6) is 1.24. The van der Waals surface area contributed by atoms with Gasteiger partial charge in [-0.1, -0.05) is 74.5 Å². The van der Waals surface area contributed by atoms with Crippen LogP contribution in [0.15, 0.2) is 109 Å². The monoisotopic (exact) mass is 804 g/mol. The molecule has 0 amide bonds. The fourth-order valence-electron chi connectivity index (χ4n) is 6.64. The summed E-state index contributed by atoms with van der Waals surface area (Å²) in [4.78, 5) is 0. The van der Waals surface area contributed by atoms with E-state index in [2.05, 4.69) is 0 Å². The molecule has 8 nitrogen and oxygen atoms in total. The maximum absolute atomic E-state index is 14.9. The molecule has 0 saturated heterocycles. The lowest BCUT2D eigenvalue weighted by molar-refractivity contribution is 0.395. The number of phenols is 2. The number of hydrogen-bond acceptors (Lipinski definition) is 8. The molecule has 0 aromatic heterocycles. The third kappa shape index (κ3) is 8.21. The van der Waals surface area contributed by atoms with Crippen molar-refractivity contribution in [3.8, 4) is 34.5 Å². The molecule has 0 atom stereocenters. The molecule has 6 aromatic rings. The summed E-state index contributed by atoms with van der Waals surface area (Å²) < 4.78 is 55.0. The van der Waals surface area contributed by atoms with E-state index in [1.165, 1.54) is 12.1 Å². The van der Waals surface area contributed by atoms with Crippen molar-refractivity contribution in [2.45, 2.75) is 74.7 Å². The van der Waals surface area contributed by atoms with Gasteiger partial charge in [0.05, 0.1) is 10.6 Å². The highest BCUT2D eigenvalue weighted by Crippen LogP contribution is 2.53.